The highest BCUT2D eigenvalue weighted by molar-refractivity contribution is 7.84. The smallest absolute Gasteiger partial charge is 0.216 e. The van der Waals surface area contributed by atoms with Crippen LogP contribution in [-0.2, 0) is 16.6 Å². The van der Waals surface area contributed by atoms with Gasteiger partial charge in [-0.3, -0.25) is 9.19 Å². The lowest BCUT2D eigenvalue weighted by Gasteiger charge is -2.10. The van der Waals surface area contributed by atoms with Crippen LogP contribution in [0.1, 0.15) is 11.3 Å². The van der Waals surface area contributed by atoms with Gasteiger partial charge in [0.25, 0.3) is 0 Å². The van der Waals surface area contributed by atoms with Crippen LogP contribution < -0.4 is 15.5 Å². The maximum atomic E-state index is 12.8. The van der Waals surface area contributed by atoms with E-state index in [1.165, 1.54) is 0 Å². The summed E-state index contributed by atoms with van der Waals surface area (Å²) in [4.78, 5) is 13.4. The van der Waals surface area contributed by atoms with Crippen LogP contribution >= 0.6 is 0 Å². The third-order valence-electron chi connectivity index (χ3n) is 4.35. The van der Waals surface area contributed by atoms with Gasteiger partial charge in [-0.1, -0.05) is 0 Å². The van der Waals surface area contributed by atoms with Gasteiger partial charge >= 0.3 is 0 Å². The fourth-order valence-corrected chi connectivity index (χ4v) is 4.08. The highest BCUT2D eigenvalue weighted by atomic mass is 32.2. The fourth-order valence-electron chi connectivity index (χ4n) is 2.91. The molecule has 0 fully saturated rings. The molecule has 3 aromatic rings. The lowest BCUT2D eigenvalue weighted by atomic mass is 10.2. The van der Waals surface area contributed by atoms with Crippen molar-refractivity contribution in [2.45, 2.75) is 18.2 Å². The quantitative estimate of drug-likeness (QED) is 0.690. The highest BCUT2D eigenvalue weighted by Gasteiger charge is 2.20. The molecule has 2 unspecified atom stereocenters. The van der Waals surface area contributed by atoms with Crippen molar-refractivity contribution in [2.75, 3.05) is 7.11 Å². The lowest BCUT2D eigenvalue weighted by molar-refractivity contribution is 0.410. The van der Waals surface area contributed by atoms with Gasteiger partial charge in [0.1, 0.15) is 5.75 Å². The monoisotopic (exact) mass is 366 g/mol. The van der Waals surface area contributed by atoms with E-state index in [1.54, 1.807) is 19.4 Å². The second kappa shape index (κ2) is 6.84. The minimum absolute atomic E-state index is 0.291. The van der Waals surface area contributed by atoms with Gasteiger partial charge in [-0.25, -0.2) is 9.98 Å². The van der Waals surface area contributed by atoms with E-state index in [1.807, 2.05) is 54.2 Å². The van der Waals surface area contributed by atoms with Crippen LogP contribution in [0.3, 0.4) is 0 Å². The Labute approximate surface area is 153 Å². The molecule has 2 aromatic heterocycles. The maximum absolute atomic E-state index is 12.8. The van der Waals surface area contributed by atoms with Crippen LogP contribution in [0, 0.1) is 6.92 Å². The van der Waals surface area contributed by atoms with Gasteiger partial charge < -0.3 is 9.30 Å². The van der Waals surface area contributed by atoms with Crippen molar-refractivity contribution < 1.29 is 8.95 Å². The van der Waals surface area contributed by atoms with Gasteiger partial charge in [-0.2, -0.15) is 0 Å². The summed E-state index contributed by atoms with van der Waals surface area (Å²) in [6.07, 6.45) is 5.61. The van der Waals surface area contributed by atoms with E-state index in [0.717, 1.165) is 33.4 Å². The Morgan fingerprint density at radius 2 is 1.92 bits per heavy atom. The molecule has 4 rings (SSSR count). The molecule has 0 spiro atoms. The van der Waals surface area contributed by atoms with Crippen LogP contribution in [0.15, 0.2) is 65.0 Å². The van der Waals surface area contributed by atoms with Gasteiger partial charge in [-0.15, -0.1) is 0 Å². The largest absolute Gasteiger partial charge is 0.496 e. The molecule has 0 saturated heterocycles. The molecule has 7 heteroatoms. The predicted molar refractivity (Wildman–Crippen MR) is 99.2 cm³/mol. The molecule has 1 aromatic carbocycles. The zero-order valence-corrected chi connectivity index (χ0v) is 15.3. The number of benzene rings is 1. The van der Waals surface area contributed by atoms with E-state index in [2.05, 4.69) is 15.0 Å². The molecule has 132 valence electrons. The molecule has 0 saturated carbocycles. The molecule has 2 atom stereocenters. The molecule has 0 amide bonds. The summed E-state index contributed by atoms with van der Waals surface area (Å²) in [5.41, 5.74) is 2.05. The van der Waals surface area contributed by atoms with Gasteiger partial charge in [-0.05, 0) is 43.3 Å². The van der Waals surface area contributed by atoms with Gasteiger partial charge in [0.15, 0.2) is 0 Å². The Bertz CT molecular complexity index is 1090. The molecule has 0 radical (unpaired) electrons. The first-order chi connectivity index (χ1) is 12.7. The number of pyridine rings is 1. The summed E-state index contributed by atoms with van der Waals surface area (Å²) >= 11 is 0. The molecular weight excluding hydrogens is 348 g/mol. The van der Waals surface area contributed by atoms with Crippen molar-refractivity contribution in [3.8, 4) is 11.4 Å². The van der Waals surface area contributed by atoms with E-state index in [-0.39, 0.29) is 0 Å². The molecule has 0 bridgehead atoms. The number of hydrogen-bond donors (Lipinski definition) is 0. The lowest BCUT2D eigenvalue weighted by Crippen LogP contribution is -2.21. The summed E-state index contributed by atoms with van der Waals surface area (Å²) in [6, 6.07) is 11.6. The fraction of sp³-hybridized carbons (Fsp3) is 0.211. The number of rotatable bonds is 5. The first-order valence-electron chi connectivity index (χ1n) is 8.20. The summed E-state index contributed by atoms with van der Waals surface area (Å²) in [7, 11) is 0.320. The van der Waals surface area contributed by atoms with Crippen molar-refractivity contribution in [3.63, 3.8) is 0 Å². The minimum Gasteiger partial charge on any atom is -0.496 e. The number of fused-ring (bicyclic) bond motifs is 1. The number of hydrogen-bond acceptors (Lipinski definition) is 5. The topological polar surface area (TPSA) is 68.8 Å². The first kappa shape index (κ1) is 16.7. The second-order valence-electron chi connectivity index (χ2n) is 5.96. The van der Waals surface area contributed by atoms with Gasteiger partial charge in [0.2, 0.25) is 5.50 Å². The van der Waals surface area contributed by atoms with Crippen LogP contribution in [0.4, 0.5) is 0 Å². The molecule has 1 aliphatic heterocycles. The Morgan fingerprint density at radius 1 is 1.15 bits per heavy atom. The van der Waals surface area contributed by atoms with Crippen LogP contribution in [0.25, 0.3) is 5.69 Å². The summed E-state index contributed by atoms with van der Waals surface area (Å²) in [5, 5.41) is 1.54. The van der Waals surface area contributed by atoms with Crippen molar-refractivity contribution in [1.82, 2.24) is 9.55 Å². The normalized spacial score (nSPS) is 16.5. The third-order valence-corrected chi connectivity index (χ3v) is 5.59. The molecule has 0 aliphatic carbocycles. The van der Waals surface area contributed by atoms with Crippen molar-refractivity contribution in [2.24, 2.45) is 9.98 Å². The van der Waals surface area contributed by atoms with Crippen molar-refractivity contribution in [3.05, 3.63) is 77.0 Å². The molecule has 1 aliphatic rings. The zero-order chi connectivity index (χ0) is 18.1. The Kier molecular flexibility index (Phi) is 4.38. The van der Waals surface area contributed by atoms with Crippen molar-refractivity contribution in [1.29, 1.82) is 0 Å². The molecule has 3 heterocycles. The Morgan fingerprint density at radius 3 is 2.69 bits per heavy atom. The van der Waals surface area contributed by atoms with E-state index >= 15 is 0 Å². The van der Waals surface area contributed by atoms with E-state index < -0.39 is 16.3 Å². The average molecular weight is 366 g/mol. The first-order valence-corrected chi connectivity index (χ1v) is 9.58. The van der Waals surface area contributed by atoms with Crippen LogP contribution in [0.2, 0.25) is 0 Å². The van der Waals surface area contributed by atoms with E-state index in [9.17, 15) is 4.21 Å². The van der Waals surface area contributed by atoms with Crippen LogP contribution in [-0.4, -0.2) is 26.4 Å². The Balaban J connectivity index is 1.60. The van der Waals surface area contributed by atoms with E-state index in [4.69, 9.17) is 4.74 Å². The maximum Gasteiger partial charge on any atom is 0.216 e. The SMILES string of the molecule is COc1ccnc(CS(=O)C2N=c3ccc(-n4cccc4)cc3=N2)c1C. The molecular formula is C19H18N4O2S. The van der Waals surface area contributed by atoms with E-state index in [0.29, 0.717) is 5.75 Å². The van der Waals surface area contributed by atoms with Crippen molar-refractivity contribution >= 4 is 10.8 Å². The van der Waals surface area contributed by atoms with Gasteiger partial charge in [0.05, 0.1) is 40.1 Å². The highest BCUT2D eigenvalue weighted by Crippen LogP contribution is 2.21. The molecule has 0 N–H and O–H groups in total. The minimum atomic E-state index is -1.29. The second-order valence-corrected chi connectivity index (χ2v) is 7.43. The molecule has 6 nitrogen and oxygen atoms in total. The summed E-state index contributed by atoms with van der Waals surface area (Å²) in [5.74, 6) is 1.03. The summed E-state index contributed by atoms with van der Waals surface area (Å²) < 4.78 is 20.1. The Hall–Kier alpha value is -2.80. The third kappa shape index (κ3) is 3.06. The number of aromatic nitrogens is 2. The number of ether oxygens (including phenoxy) is 1. The van der Waals surface area contributed by atoms with Crippen LogP contribution in [0.5, 0.6) is 5.75 Å². The van der Waals surface area contributed by atoms with Gasteiger partial charge in [0, 0.05) is 29.8 Å². The molecule has 26 heavy (non-hydrogen) atoms. The number of nitrogens with zero attached hydrogens (tertiary/aromatic N) is 4. The zero-order valence-electron chi connectivity index (χ0n) is 14.5. The average Bonchev–Trinajstić information content (AvgIpc) is 3.32. The standard InChI is InChI=1S/C19H18N4O2S/c1-13-17(20-8-7-18(13)25-2)12-26(24)19-21-15-6-5-14(11-16(15)22-19)23-9-3-4-10-23/h3-11,19H,12H2,1-2H3. The summed E-state index contributed by atoms with van der Waals surface area (Å²) in [6.45, 7) is 1.92. The number of methoxy groups -OCH3 is 1. The predicted octanol–water partition coefficient (Wildman–Crippen LogP) is 1.67.